The quantitative estimate of drug-likeness (QED) is 0.895. The molecule has 3 N–H and O–H groups in total. The fourth-order valence-corrected chi connectivity index (χ4v) is 2.98. The van der Waals surface area contributed by atoms with Crippen LogP contribution in [-0.2, 0) is 4.79 Å². The lowest BCUT2D eigenvalue weighted by atomic mass is 9.99. The number of nitrogens with zero attached hydrogens (tertiary/aromatic N) is 1. The summed E-state index contributed by atoms with van der Waals surface area (Å²) >= 11 is 0. The highest BCUT2D eigenvalue weighted by Crippen LogP contribution is 2.24. The topological polar surface area (TPSA) is 58.4 Å². The summed E-state index contributed by atoms with van der Waals surface area (Å²) in [5, 5.41) is 3.06. The number of hydrogen-bond donors (Lipinski definition) is 2. The van der Waals surface area contributed by atoms with Crippen molar-refractivity contribution in [3.63, 3.8) is 0 Å². The van der Waals surface area contributed by atoms with Crippen LogP contribution in [0, 0.1) is 0 Å². The van der Waals surface area contributed by atoms with Crippen LogP contribution in [0.15, 0.2) is 24.3 Å². The molecule has 2 unspecified atom stereocenters. The molecule has 0 bridgehead atoms. The Morgan fingerprint density at radius 2 is 2.14 bits per heavy atom. The first-order valence-corrected chi connectivity index (χ1v) is 7.85. The number of carbonyl (C=O) groups excluding carboxylic acids is 1. The first kappa shape index (κ1) is 16.0. The van der Waals surface area contributed by atoms with Gasteiger partial charge in [-0.3, -0.25) is 9.69 Å². The minimum absolute atomic E-state index is 0.0606. The predicted octanol–water partition coefficient (Wildman–Crippen LogP) is 2.56. The minimum atomic E-state index is 0.0606. The normalized spacial score (nSPS) is 23.3. The summed E-state index contributed by atoms with van der Waals surface area (Å²) < 4.78 is 0. The van der Waals surface area contributed by atoms with Crippen LogP contribution in [0.25, 0.3) is 0 Å². The highest BCUT2D eigenvalue weighted by Gasteiger charge is 2.24. The Balaban J connectivity index is 1.96. The van der Waals surface area contributed by atoms with Crippen LogP contribution < -0.4 is 11.1 Å². The van der Waals surface area contributed by atoms with Crippen LogP contribution >= 0.6 is 0 Å². The van der Waals surface area contributed by atoms with E-state index in [1.165, 1.54) is 5.56 Å². The van der Waals surface area contributed by atoms with Gasteiger partial charge in [-0.15, -0.1) is 0 Å². The van der Waals surface area contributed by atoms with Crippen LogP contribution in [-0.4, -0.2) is 36.0 Å². The molecule has 21 heavy (non-hydrogen) atoms. The molecule has 1 aromatic rings. The number of hydrogen-bond acceptors (Lipinski definition) is 3. The van der Waals surface area contributed by atoms with E-state index in [9.17, 15) is 4.79 Å². The molecular formula is C17H27N3O. The summed E-state index contributed by atoms with van der Waals surface area (Å²) in [6.07, 6.45) is 1.94. The van der Waals surface area contributed by atoms with Crippen molar-refractivity contribution in [2.75, 3.05) is 18.4 Å². The molecule has 0 aliphatic carbocycles. The first-order chi connectivity index (χ1) is 9.97. The number of piperidine rings is 1. The number of amides is 1. The summed E-state index contributed by atoms with van der Waals surface area (Å²) in [5.41, 5.74) is 8.08. The number of nitrogens with two attached hydrogens (primary N) is 1. The third-order valence-electron chi connectivity index (χ3n) is 4.26. The zero-order valence-electron chi connectivity index (χ0n) is 13.3. The molecule has 1 heterocycles. The molecule has 1 saturated heterocycles. The average Bonchev–Trinajstić information content (AvgIpc) is 2.42. The van der Waals surface area contributed by atoms with Gasteiger partial charge >= 0.3 is 0 Å². The molecule has 1 fully saturated rings. The Labute approximate surface area is 127 Å². The summed E-state index contributed by atoms with van der Waals surface area (Å²) in [6.45, 7) is 7.77. The second kappa shape index (κ2) is 7.05. The lowest BCUT2D eigenvalue weighted by Crippen LogP contribution is -2.48. The zero-order chi connectivity index (χ0) is 15.4. The van der Waals surface area contributed by atoms with Gasteiger partial charge in [0.05, 0.1) is 6.54 Å². The molecule has 4 heteroatoms. The number of benzene rings is 1. The third-order valence-corrected chi connectivity index (χ3v) is 4.26. The van der Waals surface area contributed by atoms with Gasteiger partial charge in [-0.25, -0.2) is 0 Å². The smallest absolute Gasteiger partial charge is 0.238 e. The lowest BCUT2D eigenvalue weighted by Gasteiger charge is -2.35. The van der Waals surface area contributed by atoms with Crippen molar-refractivity contribution >= 4 is 11.6 Å². The summed E-state index contributed by atoms with van der Waals surface area (Å²) in [7, 11) is 0. The van der Waals surface area contributed by atoms with Crippen LogP contribution in [0.5, 0.6) is 0 Å². The minimum Gasteiger partial charge on any atom is -0.328 e. The molecule has 1 aliphatic rings. The van der Waals surface area contributed by atoms with Gasteiger partial charge < -0.3 is 11.1 Å². The lowest BCUT2D eigenvalue weighted by molar-refractivity contribution is -0.118. The van der Waals surface area contributed by atoms with E-state index in [0.29, 0.717) is 18.5 Å². The van der Waals surface area contributed by atoms with E-state index in [2.05, 4.69) is 37.1 Å². The first-order valence-electron chi connectivity index (χ1n) is 7.85. The standard InChI is InChI=1S/C17H27N3O/c1-12(2)15-6-4-5-7-16(15)19-17(21)11-20-9-8-14(18)10-13(20)3/h4-7,12-14H,8-11,18H2,1-3H3,(H,19,21). The van der Waals surface area contributed by atoms with Gasteiger partial charge in [0.2, 0.25) is 5.91 Å². The molecule has 4 nitrogen and oxygen atoms in total. The Bertz CT molecular complexity index is 487. The molecule has 0 radical (unpaired) electrons. The second-order valence-electron chi connectivity index (χ2n) is 6.39. The Hall–Kier alpha value is -1.39. The molecule has 1 amide bonds. The van der Waals surface area contributed by atoms with E-state index in [4.69, 9.17) is 5.73 Å². The van der Waals surface area contributed by atoms with Crippen molar-refractivity contribution in [2.45, 2.75) is 51.6 Å². The van der Waals surface area contributed by atoms with Gasteiger partial charge in [0.25, 0.3) is 0 Å². The van der Waals surface area contributed by atoms with E-state index in [0.717, 1.165) is 25.1 Å². The van der Waals surface area contributed by atoms with E-state index < -0.39 is 0 Å². The number of para-hydroxylation sites is 1. The summed E-state index contributed by atoms with van der Waals surface area (Å²) in [4.78, 5) is 14.5. The van der Waals surface area contributed by atoms with E-state index in [-0.39, 0.29) is 11.9 Å². The van der Waals surface area contributed by atoms with E-state index in [1.807, 2.05) is 18.2 Å². The second-order valence-corrected chi connectivity index (χ2v) is 6.39. The van der Waals surface area contributed by atoms with Crippen molar-refractivity contribution in [2.24, 2.45) is 5.73 Å². The van der Waals surface area contributed by atoms with Crippen LogP contribution in [0.4, 0.5) is 5.69 Å². The fraction of sp³-hybridized carbons (Fsp3) is 0.588. The van der Waals surface area contributed by atoms with Crippen molar-refractivity contribution in [1.29, 1.82) is 0 Å². The maximum Gasteiger partial charge on any atom is 0.238 e. The number of anilines is 1. The Kier molecular flexibility index (Phi) is 5.37. The van der Waals surface area contributed by atoms with Crippen molar-refractivity contribution < 1.29 is 4.79 Å². The SMILES string of the molecule is CC(C)c1ccccc1NC(=O)CN1CCC(N)CC1C. The van der Waals surface area contributed by atoms with Gasteiger partial charge in [0.1, 0.15) is 0 Å². The average molecular weight is 289 g/mol. The molecule has 0 aromatic heterocycles. The molecule has 116 valence electrons. The van der Waals surface area contributed by atoms with Gasteiger partial charge in [-0.05, 0) is 37.3 Å². The van der Waals surface area contributed by atoms with E-state index >= 15 is 0 Å². The largest absolute Gasteiger partial charge is 0.328 e. The van der Waals surface area contributed by atoms with Gasteiger partial charge in [0.15, 0.2) is 0 Å². The van der Waals surface area contributed by atoms with Gasteiger partial charge in [-0.2, -0.15) is 0 Å². The maximum absolute atomic E-state index is 12.3. The zero-order valence-corrected chi connectivity index (χ0v) is 13.3. The Morgan fingerprint density at radius 1 is 1.43 bits per heavy atom. The molecular weight excluding hydrogens is 262 g/mol. The number of carbonyl (C=O) groups is 1. The van der Waals surface area contributed by atoms with Crippen LogP contribution in [0.1, 0.15) is 45.1 Å². The molecule has 1 aromatic carbocycles. The highest BCUT2D eigenvalue weighted by atomic mass is 16.2. The van der Waals surface area contributed by atoms with Crippen molar-refractivity contribution in [3.05, 3.63) is 29.8 Å². The van der Waals surface area contributed by atoms with Crippen molar-refractivity contribution in [3.8, 4) is 0 Å². The Morgan fingerprint density at radius 3 is 2.81 bits per heavy atom. The van der Waals surface area contributed by atoms with Crippen LogP contribution in [0.2, 0.25) is 0 Å². The number of rotatable bonds is 4. The fourth-order valence-electron chi connectivity index (χ4n) is 2.98. The van der Waals surface area contributed by atoms with E-state index in [1.54, 1.807) is 0 Å². The maximum atomic E-state index is 12.3. The summed E-state index contributed by atoms with van der Waals surface area (Å²) in [5.74, 6) is 0.457. The number of likely N-dealkylation sites (tertiary alicyclic amines) is 1. The molecule has 1 aliphatic heterocycles. The monoisotopic (exact) mass is 289 g/mol. The molecule has 0 spiro atoms. The van der Waals surface area contributed by atoms with Gasteiger partial charge in [0, 0.05) is 24.3 Å². The highest BCUT2D eigenvalue weighted by molar-refractivity contribution is 5.93. The van der Waals surface area contributed by atoms with Crippen LogP contribution in [0.3, 0.4) is 0 Å². The summed E-state index contributed by atoms with van der Waals surface area (Å²) in [6, 6.07) is 8.68. The van der Waals surface area contributed by atoms with Gasteiger partial charge in [-0.1, -0.05) is 32.0 Å². The molecule has 2 rings (SSSR count). The molecule has 0 saturated carbocycles. The van der Waals surface area contributed by atoms with Crippen molar-refractivity contribution in [1.82, 2.24) is 4.90 Å². The predicted molar refractivity (Wildman–Crippen MR) is 87.4 cm³/mol. The molecule has 2 atom stereocenters. The third kappa shape index (κ3) is 4.29. The number of nitrogens with one attached hydrogen (secondary N) is 1.